The van der Waals surface area contributed by atoms with Crippen molar-refractivity contribution in [3.05, 3.63) is 23.3 Å². The number of aromatic nitrogens is 3. The van der Waals surface area contributed by atoms with Crippen LogP contribution < -0.4 is 0 Å². The minimum absolute atomic E-state index is 0.00544. The lowest BCUT2D eigenvalue weighted by molar-refractivity contribution is -0.135. The third-order valence-electron chi connectivity index (χ3n) is 5.85. The van der Waals surface area contributed by atoms with Crippen molar-refractivity contribution in [2.45, 2.75) is 37.8 Å². The van der Waals surface area contributed by atoms with Gasteiger partial charge in [-0.05, 0) is 44.2 Å². The van der Waals surface area contributed by atoms with E-state index in [0.29, 0.717) is 11.8 Å². The highest BCUT2D eigenvalue weighted by Crippen LogP contribution is 2.41. The fourth-order valence-electron chi connectivity index (χ4n) is 4.47. The Hall–Kier alpha value is -1.73. The third kappa shape index (κ3) is 2.52. The zero-order chi connectivity index (χ0) is 17.0. The molecule has 1 spiro atoms. The molecule has 5 rings (SSSR count). The molecule has 1 saturated carbocycles. The van der Waals surface area contributed by atoms with E-state index in [1.165, 1.54) is 4.88 Å². The molecule has 4 heterocycles. The molecule has 2 aliphatic heterocycles. The van der Waals surface area contributed by atoms with Crippen LogP contribution in [0.3, 0.4) is 0 Å². The topological polar surface area (TPSA) is 54.3 Å². The van der Waals surface area contributed by atoms with Gasteiger partial charge in [0.05, 0.1) is 17.0 Å². The lowest BCUT2D eigenvalue weighted by Gasteiger charge is -2.48. The van der Waals surface area contributed by atoms with Crippen LogP contribution in [0.15, 0.2) is 17.5 Å². The second-order valence-electron chi connectivity index (χ2n) is 7.75. The smallest absolute Gasteiger partial charge is 0.225 e. The van der Waals surface area contributed by atoms with Gasteiger partial charge in [0, 0.05) is 25.6 Å². The van der Waals surface area contributed by atoms with Gasteiger partial charge in [0.15, 0.2) is 5.82 Å². The van der Waals surface area contributed by atoms with Crippen molar-refractivity contribution in [2.24, 2.45) is 5.92 Å². The normalized spacial score (nSPS) is 23.0. The molecule has 0 N–H and O–H groups in total. The van der Waals surface area contributed by atoms with Crippen molar-refractivity contribution in [3.63, 3.8) is 0 Å². The summed E-state index contributed by atoms with van der Waals surface area (Å²) in [5.74, 6) is 2.75. The summed E-state index contributed by atoms with van der Waals surface area (Å²) in [6.45, 7) is 3.54. The second-order valence-corrected chi connectivity index (χ2v) is 8.70. The van der Waals surface area contributed by atoms with Crippen LogP contribution in [-0.2, 0) is 16.9 Å². The van der Waals surface area contributed by atoms with Crippen LogP contribution >= 0.6 is 11.3 Å². The molecular formula is C18H23N5OS. The number of hydrogen-bond donors (Lipinski definition) is 0. The molecule has 0 bridgehead atoms. The average molecular weight is 357 g/mol. The SMILES string of the molecule is CN1Cc2nnc(-c3cccs3)n2C2(CCN(C(=O)C3CC3)CC2)C1. The summed E-state index contributed by atoms with van der Waals surface area (Å²) in [6.07, 6.45) is 4.14. The number of amides is 1. The number of carbonyl (C=O) groups is 1. The number of hydrogen-bond acceptors (Lipinski definition) is 5. The number of fused-ring (bicyclic) bond motifs is 2. The van der Waals surface area contributed by atoms with Crippen LogP contribution in [0.2, 0.25) is 0 Å². The van der Waals surface area contributed by atoms with E-state index in [9.17, 15) is 4.79 Å². The Balaban J connectivity index is 1.48. The van der Waals surface area contributed by atoms with E-state index >= 15 is 0 Å². The average Bonchev–Trinajstić information content (AvgIpc) is 3.13. The van der Waals surface area contributed by atoms with Gasteiger partial charge in [0.25, 0.3) is 0 Å². The first-order valence-electron chi connectivity index (χ1n) is 9.12. The molecule has 7 heteroatoms. The number of carbonyl (C=O) groups excluding carboxylic acids is 1. The minimum atomic E-state index is 0.00544. The van der Waals surface area contributed by atoms with Gasteiger partial charge >= 0.3 is 0 Å². The van der Waals surface area contributed by atoms with Crippen molar-refractivity contribution in [3.8, 4) is 10.7 Å². The van der Waals surface area contributed by atoms with Gasteiger partial charge in [-0.2, -0.15) is 0 Å². The molecule has 0 aromatic carbocycles. The summed E-state index contributed by atoms with van der Waals surface area (Å²) >= 11 is 1.72. The molecule has 6 nitrogen and oxygen atoms in total. The van der Waals surface area contributed by atoms with Crippen LogP contribution in [0.1, 0.15) is 31.5 Å². The fourth-order valence-corrected chi connectivity index (χ4v) is 5.17. The Bertz CT molecular complexity index is 787. The third-order valence-corrected chi connectivity index (χ3v) is 6.72. The first kappa shape index (κ1) is 15.5. The highest BCUT2D eigenvalue weighted by molar-refractivity contribution is 7.13. The van der Waals surface area contributed by atoms with E-state index in [2.05, 4.69) is 49.1 Å². The monoisotopic (exact) mass is 357 g/mol. The lowest BCUT2D eigenvalue weighted by Crippen LogP contribution is -2.56. The maximum absolute atomic E-state index is 12.4. The lowest BCUT2D eigenvalue weighted by atomic mass is 9.84. The Kier molecular flexibility index (Phi) is 3.50. The fraction of sp³-hybridized carbons (Fsp3) is 0.611. The van der Waals surface area contributed by atoms with Crippen molar-refractivity contribution in [2.75, 3.05) is 26.7 Å². The van der Waals surface area contributed by atoms with Gasteiger partial charge in [0.1, 0.15) is 5.82 Å². The number of likely N-dealkylation sites (tertiary alicyclic amines) is 1. The van der Waals surface area contributed by atoms with Crippen molar-refractivity contribution < 1.29 is 4.79 Å². The Morgan fingerprint density at radius 2 is 2.08 bits per heavy atom. The molecule has 25 heavy (non-hydrogen) atoms. The summed E-state index contributed by atoms with van der Waals surface area (Å²) < 4.78 is 2.40. The van der Waals surface area contributed by atoms with Gasteiger partial charge in [-0.25, -0.2) is 0 Å². The zero-order valence-corrected chi connectivity index (χ0v) is 15.3. The molecular weight excluding hydrogens is 334 g/mol. The van der Waals surface area contributed by atoms with Gasteiger partial charge in [0.2, 0.25) is 5.91 Å². The number of likely N-dealkylation sites (N-methyl/N-ethyl adjacent to an activating group) is 1. The molecule has 0 unspecified atom stereocenters. The molecule has 1 saturated heterocycles. The first-order chi connectivity index (χ1) is 12.2. The number of thiophene rings is 1. The van der Waals surface area contributed by atoms with E-state index in [-0.39, 0.29) is 5.54 Å². The van der Waals surface area contributed by atoms with Gasteiger partial charge in [-0.1, -0.05) is 6.07 Å². The van der Waals surface area contributed by atoms with E-state index in [1.54, 1.807) is 11.3 Å². The predicted octanol–water partition coefficient (Wildman–Crippen LogP) is 2.18. The Morgan fingerprint density at radius 1 is 1.28 bits per heavy atom. The first-order valence-corrected chi connectivity index (χ1v) is 10.0. The molecule has 1 aliphatic carbocycles. The molecule has 0 atom stereocenters. The molecule has 132 valence electrons. The van der Waals surface area contributed by atoms with Crippen LogP contribution in [0, 0.1) is 5.92 Å². The minimum Gasteiger partial charge on any atom is -0.342 e. The highest BCUT2D eigenvalue weighted by atomic mass is 32.1. The Morgan fingerprint density at radius 3 is 2.76 bits per heavy atom. The quantitative estimate of drug-likeness (QED) is 0.827. The van der Waals surface area contributed by atoms with Crippen LogP contribution in [0.5, 0.6) is 0 Å². The van der Waals surface area contributed by atoms with Gasteiger partial charge in [-0.3, -0.25) is 9.69 Å². The van der Waals surface area contributed by atoms with Gasteiger partial charge in [-0.15, -0.1) is 21.5 Å². The standard InChI is InChI=1S/C18H23N5OS/c1-21-11-15-19-20-16(14-3-2-10-25-14)23(15)18(12-21)6-8-22(9-7-18)17(24)13-4-5-13/h2-3,10,13H,4-9,11-12H2,1H3. The maximum atomic E-state index is 12.4. The Labute approximate surface area is 151 Å². The summed E-state index contributed by atoms with van der Waals surface area (Å²) in [5.41, 5.74) is 0.00544. The highest BCUT2D eigenvalue weighted by Gasteiger charge is 2.45. The van der Waals surface area contributed by atoms with E-state index in [4.69, 9.17) is 0 Å². The summed E-state index contributed by atoms with van der Waals surface area (Å²) in [7, 11) is 2.16. The zero-order valence-electron chi connectivity index (χ0n) is 14.5. The number of nitrogens with zero attached hydrogens (tertiary/aromatic N) is 5. The summed E-state index contributed by atoms with van der Waals surface area (Å²) in [5, 5.41) is 11.1. The van der Waals surface area contributed by atoms with Crippen molar-refractivity contribution in [1.82, 2.24) is 24.6 Å². The second kappa shape index (κ2) is 5.64. The van der Waals surface area contributed by atoms with Gasteiger partial charge < -0.3 is 9.47 Å². The molecule has 2 aromatic rings. The summed E-state index contributed by atoms with van der Waals surface area (Å²) in [4.78, 5) is 18.0. The van der Waals surface area contributed by atoms with Crippen molar-refractivity contribution in [1.29, 1.82) is 0 Å². The number of rotatable bonds is 2. The van der Waals surface area contributed by atoms with Crippen molar-refractivity contribution >= 4 is 17.2 Å². The summed E-state index contributed by atoms with van der Waals surface area (Å²) in [6, 6.07) is 4.19. The van der Waals surface area contributed by atoms with Crippen LogP contribution in [0.4, 0.5) is 0 Å². The molecule has 1 amide bonds. The van der Waals surface area contributed by atoms with E-state index in [1.807, 2.05) is 0 Å². The van der Waals surface area contributed by atoms with E-state index in [0.717, 1.165) is 63.5 Å². The van der Waals surface area contributed by atoms with E-state index < -0.39 is 0 Å². The molecule has 0 radical (unpaired) electrons. The predicted molar refractivity (Wildman–Crippen MR) is 96.2 cm³/mol. The number of piperidine rings is 1. The van der Waals surface area contributed by atoms with Crippen LogP contribution in [-0.4, -0.2) is 57.2 Å². The molecule has 2 aromatic heterocycles. The van der Waals surface area contributed by atoms with Crippen LogP contribution in [0.25, 0.3) is 10.7 Å². The maximum Gasteiger partial charge on any atom is 0.225 e. The largest absolute Gasteiger partial charge is 0.342 e. The molecule has 3 aliphatic rings. The molecule has 2 fully saturated rings.